The zero-order valence-electron chi connectivity index (χ0n) is 18.0. The molecular formula is C22H28N2O7. The molecule has 2 aliphatic heterocycles. The summed E-state index contributed by atoms with van der Waals surface area (Å²) in [5.74, 6) is -5.72. The van der Waals surface area contributed by atoms with E-state index < -0.39 is 59.1 Å². The van der Waals surface area contributed by atoms with Gasteiger partial charge < -0.3 is 14.9 Å². The van der Waals surface area contributed by atoms with Crippen LogP contribution in [0.1, 0.15) is 52.1 Å². The van der Waals surface area contributed by atoms with Gasteiger partial charge in [-0.3, -0.25) is 29.4 Å². The van der Waals surface area contributed by atoms with Crippen LogP contribution in [0.2, 0.25) is 0 Å². The maximum absolute atomic E-state index is 13.3. The number of ether oxygens (including phenoxy) is 1. The van der Waals surface area contributed by atoms with Gasteiger partial charge in [0.2, 0.25) is 11.8 Å². The summed E-state index contributed by atoms with van der Waals surface area (Å²) in [7, 11) is 0. The van der Waals surface area contributed by atoms with Crippen LogP contribution in [-0.2, 0) is 19.2 Å². The topological polar surface area (TPSA) is 133 Å². The van der Waals surface area contributed by atoms with Crippen molar-refractivity contribution >= 4 is 23.8 Å². The Balaban J connectivity index is 2.09. The largest absolute Gasteiger partial charge is 0.494 e. The van der Waals surface area contributed by atoms with Crippen LogP contribution < -0.4 is 10.1 Å². The Bertz CT molecular complexity index is 905. The van der Waals surface area contributed by atoms with Crippen LogP contribution in [0.25, 0.3) is 0 Å². The lowest BCUT2D eigenvalue weighted by molar-refractivity contribution is -0.157. The summed E-state index contributed by atoms with van der Waals surface area (Å²) in [5, 5.41) is 22.3. The smallest absolute Gasteiger partial charge is 0.325 e. The van der Waals surface area contributed by atoms with Gasteiger partial charge in [0.25, 0.3) is 0 Å². The Morgan fingerprint density at radius 1 is 1.13 bits per heavy atom. The lowest BCUT2D eigenvalue weighted by Crippen LogP contribution is -2.58. The molecule has 168 valence electrons. The number of carbonyl (C=O) groups is 4. The Kier molecular flexibility index (Phi) is 5.84. The van der Waals surface area contributed by atoms with Crippen molar-refractivity contribution in [2.24, 2.45) is 11.8 Å². The highest BCUT2D eigenvalue weighted by atomic mass is 16.5. The van der Waals surface area contributed by atoms with Gasteiger partial charge in [0.15, 0.2) is 0 Å². The van der Waals surface area contributed by atoms with Crippen molar-refractivity contribution in [3.8, 4) is 5.75 Å². The monoisotopic (exact) mass is 432 g/mol. The highest BCUT2D eigenvalue weighted by Crippen LogP contribution is 2.51. The molecule has 9 heteroatoms. The predicted octanol–water partition coefficient (Wildman–Crippen LogP) is 1.82. The number of benzene rings is 1. The van der Waals surface area contributed by atoms with Crippen molar-refractivity contribution in [2.75, 3.05) is 6.61 Å². The molecule has 2 amide bonds. The molecule has 1 aromatic carbocycles. The molecule has 3 N–H and O–H groups in total. The molecular weight excluding hydrogens is 404 g/mol. The van der Waals surface area contributed by atoms with Gasteiger partial charge in [0, 0.05) is 11.6 Å². The first-order valence-electron chi connectivity index (χ1n) is 10.3. The number of fused-ring (bicyclic) bond motifs is 1. The van der Waals surface area contributed by atoms with E-state index in [0.717, 1.165) is 11.3 Å². The first kappa shape index (κ1) is 22.7. The van der Waals surface area contributed by atoms with E-state index in [0.29, 0.717) is 17.9 Å². The second kappa shape index (κ2) is 7.96. The lowest BCUT2D eigenvalue weighted by atomic mass is 9.77. The Morgan fingerprint density at radius 3 is 2.23 bits per heavy atom. The standard InChI is InChI=1S/C22H28N2O7/c1-5-10-31-13-8-6-12(7-9-13)17-15-16(19(28)24(18(15)27)21(2,3)4)22(23-17,20(29)30)11-14(25)26/h6-9,15-17,23H,5,10-11H2,1-4H3,(H,25,26)(H,29,30). The third-order valence-corrected chi connectivity index (χ3v) is 5.85. The maximum atomic E-state index is 13.3. The fraction of sp³-hybridized carbons (Fsp3) is 0.545. The van der Waals surface area contributed by atoms with E-state index in [4.69, 9.17) is 4.74 Å². The summed E-state index contributed by atoms with van der Waals surface area (Å²) in [6.07, 6.45) is 0.0138. The van der Waals surface area contributed by atoms with E-state index in [-0.39, 0.29) is 0 Å². The van der Waals surface area contributed by atoms with E-state index in [9.17, 15) is 29.4 Å². The third-order valence-electron chi connectivity index (χ3n) is 5.85. The number of nitrogens with one attached hydrogen (secondary N) is 1. The quantitative estimate of drug-likeness (QED) is 0.556. The van der Waals surface area contributed by atoms with E-state index in [1.54, 1.807) is 45.0 Å². The van der Waals surface area contributed by atoms with Crippen molar-refractivity contribution < 1.29 is 34.1 Å². The van der Waals surface area contributed by atoms with Gasteiger partial charge in [0.05, 0.1) is 24.9 Å². The molecule has 2 aliphatic rings. The molecule has 2 saturated heterocycles. The van der Waals surface area contributed by atoms with Crippen LogP contribution in [0.4, 0.5) is 0 Å². The molecule has 31 heavy (non-hydrogen) atoms. The van der Waals surface area contributed by atoms with Crippen molar-refractivity contribution in [3.05, 3.63) is 29.8 Å². The number of amides is 2. The van der Waals surface area contributed by atoms with Gasteiger partial charge in [0.1, 0.15) is 11.3 Å². The highest BCUT2D eigenvalue weighted by Gasteiger charge is 2.70. The molecule has 0 radical (unpaired) electrons. The molecule has 4 unspecified atom stereocenters. The minimum Gasteiger partial charge on any atom is -0.494 e. The number of likely N-dealkylation sites (tertiary alicyclic amines) is 1. The molecule has 9 nitrogen and oxygen atoms in total. The Morgan fingerprint density at radius 2 is 1.74 bits per heavy atom. The average molecular weight is 432 g/mol. The number of carboxylic acids is 2. The minimum absolute atomic E-state index is 0.500. The average Bonchev–Trinajstić information content (AvgIpc) is 3.14. The molecule has 2 heterocycles. The Hall–Kier alpha value is -2.94. The molecule has 0 spiro atoms. The molecule has 4 atom stereocenters. The van der Waals surface area contributed by atoms with Crippen molar-refractivity contribution in [1.29, 1.82) is 0 Å². The number of aliphatic carboxylic acids is 2. The number of carbonyl (C=O) groups excluding carboxylic acids is 2. The summed E-state index contributed by atoms with van der Waals surface area (Å²) in [4.78, 5) is 51.6. The third kappa shape index (κ3) is 3.78. The molecule has 3 rings (SSSR count). The second-order valence-electron chi connectivity index (χ2n) is 9.07. The molecule has 2 fully saturated rings. The zero-order chi connectivity index (χ0) is 23.1. The van der Waals surface area contributed by atoms with E-state index in [2.05, 4.69) is 5.32 Å². The van der Waals surface area contributed by atoms with Crippen molar-refractivity contribution in [2.45, 2.75) is 57.7 Å². The highest BCUT2D eigenvalue weighted by molar-refractivity contribution is 6.10. The normalized spacial score (nSPS) is 28.0. The first-order chi connectivity index (χ1) is 14.4. The zero-order valence-corrected chi connectivity index (χ0v) is 18.0. The first-order valence-corrected chi connectivity index (χ1v) is 10.3. The molecule has 0 aliphatic carbocycles. The summed E-state index contributed by atoms with van der Waals surface area (Å²) >= 11 is 0. The summed E-state index contributed by atoms with van der Waals surface area (Å²) in [6, 6.07) is 6.00. The predicted molar refractivity (Wildman–Crippen MR) is 109 cm³/mol. The molecule has 0 bridgehead atoms. The van der Waals surface area contributed by atoms with Crippen LogP contribution >= 0.6 is 0 Å². The SMILES string of the molecule is CCCOc1ccc(C2NC(CC(=O)O)(C(=O)O)C3C(=O)N(C(C)(C)C)C(=O)C23)cc1. The van der Waals surface area contributed by atoms with Crippen LogP contribution in [0, 0.1) is 11.8 Å². The maximum Gasteiger partial charge on any atom is 0.325 e. The fourth-order valence-corrected chi connectivity index (χ4v) is 4.62. The summed E-state index contributed by atoms with van der Waals surface area (Å²) < 4.78 is 5.57. The molecule has 0 saturated carbocycles. The summed E-state index contributed by atoms with van der Waals surface area (Å²) in [6.45, 7) is 7.58. The molecule has 0 aromatic heterocycles. The van der Waals surface area contributed by atoms with Crippen molar-refractivity contribution in [1.82, 2.24) is 10.2 Å². The van der Waals surface area contributed by atoms with Crippen LogP contribution in [-0.4, -0.2) is 56.6 Å². The summed E-state index contributed by atoms with van der Waals surface area (Å²) in [5.41, 5.74) is -2.37. The van der Waals surface area contributed by atoms with E-state index in [1.165, 1.54) is 0 Å². The number of hydrogen-bond donors (Lipinski definition) is 3. The van der Waals surface area contributed by atoms with Gasteiger partial charge in [-0.2, -0.15) is 0 Å². The van der Waals surface area contributed by atoms with Crippen LogP contribution in [0.5, 0.6) is 5.75 Å². The van der Waals surface area contributed by atoms with Gasteiger partial charge in [-0.25, -0.2) is 0 Å². The fourth-order valence-electron chi connectivity index (χ4n) is 4.62. The second-order valence-corrected chi connectivity index (χ2v) is 9.07. The van der Waals surface area contributed by atoms with Crippen molar-refractivity contribution in [3.63, 3.8) is 0 Å². The van der Waals surface area contributed by atoms with Gasteiger partial charge >= 0.3 is 11.9 Å². The Labute approximate surface area is 180 Å². The van der Waals surface area contributed by atoms with Gasteiger partial charge in [-0.1, -0.05) is 19.1 Å². The van der Waals surface area contributed by atoms with Crippen LogP contribution in [0.3, 0.4) is 0 Å². The number of carboxylic acid groups (broad SMARTS) is 2. The van der Waals surface area contributed by atoms with Gasteiger partial charge in [-0.05, 0) is 44.9 Å². The lowest BCUT2D eigenvalue weighted by Gasteiger charge is -2.34. The number of hydrogen-bond acceptors (Lipinski definition) is 6. The van der Waals surface area contributed by atoms with Crippen LogP contribution in [0.15, 0.2) is 24.3 Å². The number of imide groups is 1. The molecule has 1 aromatic rings. The van der Waals surface area contributed by atoms with E-state index >= 15 is 0 Å². The number of rotatable bonds is 7. The number of nitrogens with zero attached hydrogens (tertiary/aromatic N) is 1. The minimum atomic E-state index is -2.09. The van der Waals surface area contributed by atoms with Gasteiger partial charge in [-0.15, -0.1) is 0 Å². The van der Waals surface area contributed by atoms with E-state index in [1.807, 2.05) is 6.92 Å².